The lowest BCUT2D eigenvalue weighted by Gasteiger charge is -2.41. The predicted molar refractivity (Wildman–Crippen MR) is 151 cm³/mol. The third kappa shape index (κ3) is 4.92. The number of aromatic amines is 1. The van der Waals surface area contributed by atoms with Crippen LogP contribution in [0.25, 0.3) is 10.8 Å². The van der Waals surface area contributed by atoms with Crippen LogP contribution in [0, 0.1) is 0 Å². The van der Waals surface area contributed by atoms with E-state index in [0.29, 0.717) is 36.5 Å². The van der Waals surface area contributed by atoms with Gasteiger partial charge in [0.15, 0.2) is 0 Å². The number of aliphatic hydroxyl groups excluding tert-OH is 1. The van der Waals surface area contributed by atoms with Crippen LogP contribution in [-0.2, 0) is 0 Å². The molecule has 2 saturated heterocycles. The highest BCUT2D eigenvalue weighted by atomic mass is 19.1. The highest BCUT2D eigenvalue weighted by Gasteiger charge is 2.31. The molecule has 3 N–H and O–H groups in total. The van der Waals surface area contributed by atoms with E-state index in [-0.39, 0.29) is 18.0 Å². The standard InChI is InChI=1S/C29H32FN7O2/c1-17(2)19-5-6-24(37-14-18(15-37)20-4-3-9-31-28(20)39)22-13-33-27(12-21(19)22)34-26-7-10-32-29(35-26)36-11-8-25(38)23(30)16-36/h3-7,9-10,12-13,17-18,23,25,38H,8,11,14-16H2,1-2H3,(H,31,39)(H,32,33,34,35). The van der Waals surface area contributed by atoms with Crippen LogP contribution in [0.15, 0.2) is 59.8 Å². The summed E-state index contributed by atoms with van der Waals surface area (Å²) < 4.78 is 14.1. The summed E-state index contributed by atoms with van der Waals surface area (Å²) in [6.45, 7) is 6.47. The van der Waals surface area contributed by atoms with Gasteiger partial charge >= 0.3 is 0 Å². The second kappa shape index (κ2) is 10.3. The molecule has 4 aromatic rings. The zero-order chi connectivity index (χ0) is 27.1. The fourth-order valence-electron chi connectivity index (χ4n) is 5.50. The first-order valence-electron chi connectivity index (χ1n) is 13.4. The number of rotatable bonds is 6. The minimum absolute atomic E-state index is 0.0187. The number of hydrogen-bond acceptors (Lipinski definition) is 8. The van der Waals surface area contributed by atoms with Crippen LogP contribution in [0.5, 0.6) is 0 Å². The zero-order valence-corrected chi connectivity index (χ0v) is 22.0. The number of aliphatic hydroxyl groups is 1. The summed E-state index contributed by atoms with van der Waals surface area (Å²) in [5, 5.41) is 15.2. The molecule has 5 heterocycles. The van der Waals surface area contributed by atoms with Crippen LogP contribution in [-0.4, -0.2) is 63.5 Å². The molecule has 10 heteroatoms. The fourth-order valence-corrected chi connectivity index (χ4v) is 5.50. The van der Waals surface area contributed by atoms with Gasteiger partial charge in [-0.15, -0.1) is 0 Å². The maximum absolute atomic E-state index is 14.1. The highest BCUT2D eigenvalue weighted by molar-refractivity contribution is 5.98. The Morgan fingerprint density at radius 1 is 1.08 bits per heavy atom. The minimum atomic E-state index is -1.32. The van der Waals surface area contributed by atoms with Gasteiger partial charge in [0.05, 0.1) is 12.6 Å². The molecule has 39 heavy (non-hydrogen) atoms. The Labute approximate surface area is 225 Å². The number of halogens is 1. The minimum Gasteiger partial charge on any atom is -0.390 e. The maximum Gasteiger partial charge on any atom is 0.251 e. The van der Waals surface area contributed by atoms with Gasteiger partial charge in [0.1, 0.15) is 17.8 Å². The molecular formula is C29H32FN7O2. The van der Waals surface area contributed by atoms with Gasteiger partial charge in [-0.1, -0.05) is 26.0 Å². The molecule has 0 saturated carbocycles. The monoisotopic (exact) mass is 529 g/mol. The molecule has 202 valence electrons. The van der Waals surface area contributed by atoms with Crippen LogP contribution in [0.4, 0.5) is 27.7 Å². The summed E-state index contributed by atoms with van der Waals surface area (Å²) in [5.74, 6) is 2.16. The first-order chi connectivity index (χ1) is 18.9. The van der Waals surface area contributed by atoms with E-state index >= 15 is 0 Å². The van der Waals surface area contributed by atoms with Crippen molar-refractivity contribution in [3.8, 4) is 0 Å². The third-order valence-corrected chi connectivity index (χ3v) is 7.73. The number of anilines is 4. The lowest BCUT2D eigenvalue weighted by Crippen LogP contribution is -2.46. The number of hydrogen-bond donors (Lipinski definition) is 3. The SMILES string of the molecule is CC(C)c1ccc(N2CC(c3ccc[nH]c3=O)C2)c2cnc(Nc3ccnc(N4CCC(O)C(F)C4)n3)cc12. The fraction of sp³-hybridized carbons (Fsp3) is 0.379. The molecule has 0 radical (unpaired) electrons. The summed E-state index contributed by atoms with van der Waals surface area (Å²) in [5.41, 5.74) is 3.14. The highest BCUT2D eigenvalue weighted by Crippen LogP contribution is 2.38. The zero-order valence-electron chi connectivity index (χ0n) is 22.0. The van der Waals surface area contributed by atoms with Gasteiger partial charge in [-0.25, -0.2) is 14.4 Å². The lowest BCUT2D eigenvalue weighted by atomic mass is 9.90. The van der Waals surface area contributed by atoms with Gasteiger partial charge in [-0.2, -0.15) is 4.98 Å². The normalized spacial score (nSPS) is 19.9. The first-order valence-corrected chi connectivity index (χ1v) is 13.4. The molecule has 2 atom stereocenters. The second-order valence-corrected chi connectivity index (χ2v) is 10.7. The average molecular weight is 530 g/mol. The summed E-state index contributed by atoms with van der Waals surface area (Å²) in [4.78, 5) is 32.6. The number of H-pyrrole nitrogens is 1. The van der Waals surface area contributed by atoms with E-state index in [2.05, 4.69) is 51.1 Å². The molecule has 9 nitrogen and oxygen atoms in total. The van der Waals surface area contributed by atoms with Crippen LogP contribution in [0.3, 0.4) is 0 Å². The number of aromatic nitrogens is 4. The Balaban J connectivity index is 1.26. The van der Waals surface area contributed by atoms with E-state index in [1.54, 1.807) is 23.4 Å². The van der Waals surface area contributed by atoms with Crippen LogP contribution < -0.4 is 20.7 Å². The van der Waals surface area contributed by atoms with E-state index in [0.717, 1.165) is 35.1 Å². The van der Waals surface area contributed by atoms with Crippen molar-refractivity contribution in [2.45, 2.75) is 44.4 Å². The van der Waals surface area contributed by atoms with Crippen molar-refractivity contribution in [3.63, 3.8) is 0 Å². The summed E-state index contributed by atoms with van der Waals surface area (Å²) in [7, 11) is 0. The number of fused-ring (bicyclic) bond motifs is 1. The van der Waals surface area contributed by atoms with Gasteiger partial charge in [-0.05, 0) is 47.6 Å². The Morgan fingerprint density at radius 2 is 1.92 bits per heavy atom. The molecule has 3 aromatic heterocycles. The van der Waals surface area contributed by atoms with E-state index in [9.17, 15) is 14.3 Å². The van der Waals surface area contributed by atoms with E-state index in [1.165, 1.54) is 5.56 Å². The van der Waals surface area contributed by atoms with Crippen molar-refractivity contribution in [1.29, 1.82) is 0 Å². The Morgan fingerprint density at radius 3 is 2.69 bits per heavy atom. The molecule has 2 fully saturated rings. The number of nitrogens with one attached hydrogen (secondary N) is 2. The largest absolute Gasteiger partial charge is 0.390 e. The molecular weight excluding hydrogens is 497 g/mol. The quantitative estimate of drug-likeness (QED) is 0.343. The van der Waals surface area contributed by atoms with E-state index < -0.39 is 12.3 Å². The van der Waals surface area contributed by atoms with Gasteiger partial charge in [-0.3, -0.25) is 4.79 Å². The number of pyridine rings is 2. The van der Waals surface area contributed by atoms with Crippen molar-refractivity contribution < 1.29 is 9.50 Å². The van der Waals surface area contributed by atoms with Crippen LogP contribution in [0.1, 0.15) is 43.2 Å². The van der Waals surface area contributed by atoms with Gasteiger partial charge in [0.2, 0.25) is 5.95 Å². The van der Waals surface area contributed by atoms with E-state index in [1.807, 2.05) is 24.4 Å². The van der Waals surface area contributed by atoms with E-state index in [4.69, 9.17) is 4.98 Å². The van der Waals surface area contributed by atoms with Crippen LogP contribution in [0.2, 0.25) is 0 Å². The maximum atomic E-state index is 14.1. The van der Waals surface area contributed by atoms with Crippen molar-refractivity contribution in [2.24, 2.45) is 0 Å². The Bertz CT molecular complexity index is 1550. The Kier molecular flexibility index (Phi) is 6.64. The van der Waals surface area contributed by atoms with Crippen molar-refractivity contribution in [3.05, 3.63) is 76.5 Å². The van der Waals surface area contributed by atoms with Crippen molar-refractivity contribution >= 4 is 34.0 Å². The molecule has 2 unspecified atom stereocenters. The molecule has 0 aliphatic carbocycles. The average Bonchev–Trinajstić information content (AvgIpc) is 2.90. The molecule has 0 amide bonds. The predicted octanol–water partition coefficient (Wildman–Crippen LogP) is 4.09. The smallest absolute Gasteiger partial charge is 0.251 e. The molecule has 0 bridgehead atoms. The first kappa shape index (κ1) is 25.2. The summed E-state index contributed by atoms with van der Waals surface area (Å²) in [6.07, 6.45) is 3.28. The van der Waals surface area contributed by atoms with Crippen molar-refractivity contribution in [2.75, 3.05) is 41.3 Å². The molecule has 1 aromatic carbocycles. The number of benzene rings is 1. The third-order valence-electron chi connectivity index (χ3n) is 7.73. The summed E-state index contributed by atoms with van der Waals surface area (Å²) >= 11 is 0. The van der Waals surface area contributed by atoms with Gasteiger partial charge in [0, 0.05) is 60.8 Å². The van der Waals surface area contributed by atoms with Gasteiger partial charge in [0.25, 0.3) is 5.56 Å². The molecule has 2 aliphatic heterocycles. The van der Waals surface area contributed by atoms with Crippen molar-refractivity contribution in [1.82, 2.24) is 19.9 Å². The topological polar surface area (TPSA) is 110 Å². The lowest BCUT2D eigenvalue weighted by molar-refractivity contribution is 0.0612. The van der Waals surface area contributed by atoms with Crippen LogP contribution >= 0.6 is 0 Å². The molecule has 0 spiro atoms. The molecule has 6 rings (SSSR count). The Hall–Kier alpha value is -4.05. The summed E-state index contributed by atoms with van der Waals surface area (Å²) in [6, 6.07) is 11.9. The second-order valence-electron chi connectivity index (χ2n) is 10.7. The number of piperidine rings is 1. The number of alkyl halides is 1. The van der Waals surface area contributed by atoms with Gasteiger partial charge < -0.3 is 25.2 Å². The number of nitrogens with zero attached hydrogens (tertiary/aromatic N) is 5. The molecule has 2 aliphatic rings.